The van der Waals surface area contributed by atoms with Crippen LogP contribution in [-0.4, -0.2) is 23.7 Å². The summed E-state index contributed by atoms with van der Waals surface area (Å²) in [7, 11) is 0. The summed E-state index contributed by atoms with van der Waals surface area (Å²) in [6, 6.07) is 0. The van der Waals surface area contributed by atoms with E-state index in [1.807, 2.05) is 0 Å². The van der Waals surface area contributed by atoms with Gasteiger partial charge in [-0.05, 0) is 44.9 Å². The highest BCUT2D eigenvalue weighted by Crippen LogP contribution is 2.44. The van der Waals surface area contributed by atoms with Gasteiger partial charge in [-0.1, -0.05) is 20.3 Å². The maximum atomic E-state index is 12.3. The summed E-state index contributed by atoms with van der Waals surface area (Å²) in [6.07, 6.45) is 4.36. The van der Waals surface area contributed by atoms with Crippen LogP contribution < -0.4 is 0 Å². The van der Waals surface area contributed by atoms with Gasteiger partial charge >= 0.3 is 11.9 Å². The van der Waals surface area contributed by atoms with Gasteiger partial charge in [-0.25, -0.2) is 0 Å². The van der Waals surface area contributed by atoms with Crippen molar-refractivity contribution in [2.24, 2.45) is 17.3 Å². The van der Waals surface area contributed by atoms with E-state index in [9.17, 15) is 14.7 Å². The van der Waals surface area contributed by atoms with Gasteiger partial charge in [-0.2, -0.15) is 0 Å². The zero-order valence-electron chi connectivity index (χ0n) is 12.3. The van der Waals surface area contributed by atoms with Crippen LogP contribution in [0.25, 0.3) is 0 Å². The third-order valence-corrected chi connectivity index (χ3v) is 4.10. The number of hydrogen-bond donors (Lipinski definition) is 1. The van der Waals surface area contributed by atoms with E-state index >= 15 is 0 Å². The number of rotatable bonds is 6. The molecule has 0 amide bonds. The van der Waals surface area contributed by atoms with Gasteiger partial charge in [0.1, 0.15) is 0 Å². The Morgan fingerprint density at radius 3 is 2.63 bits per heavy atom. The molecule has 0 spiro atoms. The van der Waals surface area contributed by atoms with Crippen molar-refractivity contribution in [2.45, 2.75) is 59.3 Å². The van der Waals surface area contributed by atoms with Crippen molar-refractivity contribution in [3.05, 3.63) is 0 Å². The van der Waals surface area contributed by atoms with E-state index < -0.39 is 17.3 Å². The minimum Gasteiger partial charge on any atom is -0.481 e. The molecule has 0 bridgehead atoms. The summed E-state index contributed by atoms with van der Waals surface area (Å²) < 4.78 is 5.21. The summed E-state index contributed by atoms with van der Waals surface area (Å²) in [5.74, 6) is -0.860. The van der Waals surface area contributed by atoms with Crippen LogP contribution in [0.15, 0.2) is 0 Å². The van der Waals surface area contributed by atoms with E-state index in [1.54, 1.807) is 6.92 Å². The maximum Gasteiger partial charge on any atom is 0.312 e. The largest absolute Gasteiger partial charge is 0.481 e. The monoisotopic (exact) mass is 270 g/mol. The second-order valence-corrected chi connectivity index (χ2v) is 6.06. The van der Waals surface area contributed by atoms with Gasteiger partial charge in [0.2, 0.25) is 0 Å². The van der Waals surface area contributed by atoms with E-state index in [4.69, 9.17) is 4.74 Å². The fourth-order valence-electron chi connectivity index (χ4n) is 2.94. The molecule has 0 saturated heterocycles. The van der Waals surface area contributed by atoms with Crippen LogP contribution in [0.5, 0.6) is 0 Å². The van der Waals surface area contributed by atoms with Crippen LogP contribution >= 0.6 is 0 Å². The van der Waals surface area contributed by atoms with Crippen molar-refractivity contribution in [3.63, 3.8) is 0 Å². The van der Waals surface area contributed by atoms with Crippen LogP contribution in [0.3, 0.4) is 0 Å². The molecule has 1 aliphatic carbocycles. The first-order chi connectivity index (χ1) is 8.91. The lowest BCUT2D eigenvalue weighted by Crippen LogP contribution is -2.40. The Morgan fingerprint density at radius 1 is 1.42 bits per heavy atom. The summed E-state index contributed by atoms with van der Waals surface area (Å²) in [5, 5.41) is 9.21. The first-order valence-electron chi connectivity index (χ1n) is 7.31. The predicted molar refractivity (Wildman–Crippen MR) is 72.7 cm³/mol. The van der Waals surface area contributed by atoms with Crippen LogP contribution in [0.2, 0.25) is 0 Å². The molecule has 1 aliphatic rings. The van der Waals surface area contributed by atoms with E-state index in [1.165, 1.54) is 0 Å². The molecule has 1 rings (SSSR count). The fraction of sp³-hybridized carbons (Fsp3) is 0.867. The van der Waals surface area contributed by atoms with Crippen molar-refractivity contribution in [3.8, 4) is 0 Å². The molecule has 1 saturated carbocycles. The Labute approximate surface area is 115 Å². The third-order valence-electron chi connectivity index (χ3n) is 4.10. The molecule has 2 atom stereocenters. The van der Waals surface area contributed by atoms with Crippen LogP contribution in [-0.2, 0) is 14.3 Å². The SMILES string of the molecule is CCOC(=O)C1(CCC(C)C)CCCC(C(=O)O)C1. The standard InChI is InChI=1S/C15H26O4/c1-4-19-14(18)15(9-7-11(2)3)8-5-6-12(10-15)13(16)17/h11-12H,4-10H2,1-3H3,(H,16,17). The molecular formula is C15H26O4. The second kappa shape index (κ2) is 6.92. The first kappa shape index (κ1) is 16.0. The highest BCUT2D eigenvalue weighted by atomic mass is 16.5. The molecule has 0 radical (unpaired) electrons. The van der Waals surface area contributed by atoms with Gasteiger partial charge in [-0.3, -0.25) is 9.59 Å². The van der Waals surface area contributed by atoms with Crippen LogP contribution in [0, 0.1) is 17.3 Å². The average Bonchev–Trinajstić information content (AvgIpc) is 2.37. The van der Waals surface area contributed by atoms with E-state index in [-0.39, 0.29) is 5.97 Å². The predicted octanol–water partition coefficient (Wildman–Crippen LogP) is 3.25. The lowest BCUT2D eigenvalue weighted by Gasteiger charge is -2.38. The Kier molecular flexibility index (Phi) is 5.83. The van der Waals surface area contributed by atoms with Crippen molar-refractivity contribution in [2.75, 3.05) is 6.61 Å². The molecule has 1 fully saturated rings. The van der Waals surface area contributed by atoms with Crippen molar-refractivity contribution >= 4 is 11.9 Å². The zero-order valence-corrected chi connectivity index (χ0v) is 12.3. The molecule has 110 valence electrons. The van der Waals surface area contributed by atoms with Crippen molar-refractivity contribution in [1.29, 1.82) is 0 Å². The molecule has 4 heteroatoms. The van der Waals surface area contributed by atoms with Crippen molar-refractivity contribution < 1.29 is 19.4 Å². The van der Waals surface area contributed by atoms with Crippen LogP contribution in [0.1, 0.15) is 59.3 Å². The summed E-state index contributed by atoms with van der Waals surface area (Å²) in [6.45, 7) is 6.40. The number of carbonyl (C=O) groups excluding carboxylic acids is 1. The Bertz CT molecular complexity index is 324. The summed E-state index contributed by atoms with van der Waals surface area (Å²) in [4.78, 5) is 23.5. The molecule has 0 aliphatic heterocycles. The molecular weight excluding hydrogens is 244 g/mol. The maximum absolute atomic E-state index is 12.3. The second-order valence-electron chi connectivity index (χ2n) is 6.06. The van der Waals surface area contributed by atoms with Gasteiger partial charge in [0, 0.05) is 0 Å². The Hall–Kier alpha value is -1.06. The number of aliphatic carboxylic acids is 1. The number of carboxylic acids is 1. The molecule has 2 unspecified atom stereocenters. The smallest absolute Gasteiger partial charge is 0.312 e. The van der Waals surface area contributed by atoms with Gasteiger partial charge < -0.3 is 9.84 Å². The van der Waals surface area contributed by atoms with Gasteiger partial charge in [0.25, 0.3) is 0 Å². The molecule has 1 N–H and O–H groups in total. The van der Waals surface area contributed by atoms with Gasteiger partial charge in [0.15, 0.2) is 0 Å². The lowest BCUT2D eigenvalue weighted by molar-refractivity contribution is -0.162. The summed E-state index contributed by atoms with van der Waals surface area (Å²) >= 11 is 0. The minimum atomic E-state index is -0.780. The first-order valence-corrected chi connectivity index (χ1v) is 7.31. The highest BCUT2D eigenvalue weighted by molar-refractivity contribution is 5.79. The third kappa shape index (κ3) is 4.22. The normalized spacial score (nSPS) is 27.3. The zero-order chi connectivity index (χ0) is 14.5. The van der Waals surface area contributed by atoms with Crippen LogP contribution in [0.4, 0.5) is 0 Å². The molecule has 19 heavy (non-hydrogen) atoms. The minimum absolute atomic E-state index is 0.193. The van der Waals surface area contributed by atoms with Gasteiger partial charge in [-0.15, -0.1) is 0 Å². The number of hydrogen-bond acceptors (Lipinski definition) is 3. The van der Waals surface area contributed by atoms with E-state index in [0.717, 1.165) is 25.7 Å². The number of carbonyl (C=O) groups is 2. The fourth-order valence-corrected chi connectivity index (χ4v) is 2.94. The quantitative estimate of drug-likeness (QED) is 0.752. The lowest BCUT2D eigenvalue weighted by atomic mass is 9.66. The molecule has 0 aromatic rings. The number of ether oxygens (including phenoxy) is 1. The van der Waals surface area contributed by atoms with E-state index in [0.29, 0.717) is 25.4 Å². The summed E-state index contributed by atoms with van der Waals surface area (Å²) in [5.41, 5.74) is -0.568. The number of carboxylic acid groups (broad SMARTS) is 1. The van der Waals surface area contributed by atoms with E-state index in [2.05, 4.69) is 13.8 Å². The topological polar surface area (TPSA) is 63.6 Å². The molecule has 0 aromatic heterocycles. The molecule has 4 nitrogen and oxygen atoms in total. The average molecular weight is 270 g/mol. The Morgan fingerprint density at radius 2 is 2.11 bits per heavy atom. The highest BCUT2D eigenvalue weighted by Gasteiger charge is 2.45. The molecule has 0 heterocycles. The molecule has 0 aromatic carbocycles. The number of esters is 1. The van der Waals surface area contributed by atoms with Gasteiger partial charge in [0.05, 0.1) is 17.9 Å². The van der Waals surface area contributed by atoms with Crippen molar-refractivity contribution in [1.82, 2.24) is 0 Å². The Balaban J connectivity index is 2.84.